The number of aliphatic hydroxyl groups excluding tert-OH is 1. The maximum Gasteiger partial charge on any atom is 0.183 e. The Morgan fingerprint density at radius 2 is 1.80 bits per heavy atom. The van der Waals surface area contributed by atoms with E-state index in [0.717, 1.165) is 4.05 Å². The molecule has 0 saturated carbocycles. The van der Waals surface area contributed by atoms with Gasteiger partial charge in [0.2, 0.25) is 0 Å². The van der Waals surface area contributed by atoms with Crippen LogP contribution in [0.5, 0.6) is 0 Å². The Labute approximate surface area is 108 Å². The first-order valence-electron chi connectivity index (χ1n) is 5.06. The van der Waals surface area contributed by atoms with Crippen LogP contribution in [0.4, 0.5) is 0 Å². The molecular formula is C9H21IO3Si2. The zero-order chi connectivity index (χ0) is 12.3. The number of alkyl halides is 1. The van der Waals surface area contributed by atoms with E-state index in [1.165, 1.54) is 6.92 Å². The van der Waals surface area contributed by atoms with Crippen molar-refractivity contribution < 1.29 is 14.0 Å². The van der Waals surface area contributed by atoms with E-state index in [1.807, 2.05) is 13.1 Å². The number of carbonyl (C=O) groups excluding carboxylic acids is 1. The Balaban J connectivity index is 4.37. The fraction of sp³-hybridized carbons (Fsp3) is 0.889. The van der Waals surface area contributed by atoms with Gasteiger partial charge in [0.1, 0.15) is 6.10 Å². The van der Waals surface area contributed by atoms with E-state index in [0.29, 0.717) is 6.04 Å². The van der Waals surface area contributed by atoms with Crippen LogP contribution < -0.4 is 0 Å². The molecule has 0 spiro atoms. The van der Waals surface area contributed by atoms with Crippen LogP contribution in [-0.2, 0) is 8.91 Å². The van der Waals surface area contributed by atoms with Gasteiger partial charge < -0.3 is 9.22 Å². The summed E-state index contributed by atoms with van der Waals surface area (Å²) in [5, 5.41) is 9.17. The molecule has 1 unspecified atom stereocenters. The molecule has 0 aliphatic rings. The Bertz CT molecular complexity index is 229. The van der Waals surface area contributed by atoms with Crippen LogP contribution in [-0.4, -0.2) is 37.7 Å². The first-order chi connectivity index (χ1) is 6.59. The number of Topliss-reactive ketones (excluding diaryl/α,β-unsaturated/α-hetero) is 1. The summed E-state index contributed by atoms with van der Waals surface area (Å²) in [6.45, 7) is 9.96. The summed E-state index contributed by atoms with van der Waals surface area (Å²) in [4.78, 5) is 11.5. The standard InChI is InChI=1S/C9H21IO3Si2/c1-8(11)9(12)6-14(2,3)13-15(4,5)7-10/h8,11H,6-7H2,1-5H3. The topological polar surface area (TPSA) is 46.5 Å². The van der Waals surface area contributed by atoms with Gasteiger partial charge in [-0.15, -0.1) is 0 Å². The summed E-state index contributed by atoms with van der Waals surface area (Å²) in [6.07, 6.45) is -0.857. The third-order valence-corrected chi connectivity index (χ3v) is 13.7. The van der Waals surface area contributed by atoms with E-state index in [2.05, 4.69) is 35.7 Å². The van der Waals surface area contributed by atoms with Crippen LogP contribution in [0.15, 0.2) is 0 Å². The first kappa shape index (κ1) is 15.8. The highest BCUT2D eigenvalue weighted by Gasteiger charge is 2.34. The minimum atomic E-state index is -1.94. The predicted octanol–water partition coefficient (Wildman–Crippen LogP) is 2.34. The van der Waals surface area contributed by atoms with Gasteiger partial charge in [0.05, 0.1) is 0 Å². The van der Waals surface area contributed by atoms with Crippen LogP contribution in [0.25, 0.3) is 0 Å². The van der Waals surface area contributed by atoms with Crippen LogP contribution in [0.1, 0.15) is 6.92 Å². The van der Waals surface area contributed by atoms with Gasteiger partial charge in [-0.2, -0.15) is 0 Å². The number of aliphatic hydroxyl groups is 1. The zero-order valence-electron chi connectivity index (χ0n) is 10.1. The summed E-state index contributed by atoms with van der Waals surface area (Å²) >= 11 is 2.34. The highest BCUT2D eigenvalue weighted by Crippen LogP contribution is 2.20. The summed E-state index contributed by atoms with van der Waals surface area (Å²) in [5.41, 5.74) is 0. The molecule has 0 heterocycles. The van der Waals surface area contributed by atoms with E-state index in [1.54, 1.807) is 0 Å². The van der Waals surface area contributed by atoms with Gasteiger partial charge in [-0.3, -0.25) is 4.79 Å². The number of ketones is 1. The molecule has 0 aromatic rings. The molecule has 15 heavy (non-hydrogen) atoms. The molecule has 0 amide bonds. The van der Waals surface area contributed by atoms with Gasteiger partial charge >= 0.3 is 0 Å². The van der Waals surface area contributed by atoms with Gasteiger partial charge in [0.15, 0.2) is 22.4 Å². The lowest BCUT2D eigenvalue weighted by atomic mass is 10.3. The molecule has 0 fully saturated rings. The summed E-state index contributed by atoms with van der Waals surface area (Å²) < 4.78 is 7.17. The van der Waals surface area contributed by atoms with Gasteiger partial charge in [-0.25, -0.2) is 0 Å². The molecule has 0 aliphatic carbocycles. The van der Waals surface area contributed by atoms with Gasteiger partial charge in [0.25, 0.3) is 0 Å². The molecule has 1 N–H and O–H groups in total. The molecule has 0 radical (unpaired) electrons. The number of hydrogen-bond donors (Lipinski definition) is 1. The molecule has 0 aliphatic heterocycles. The minimum absolute atomic E-state index is 0.0927. The number of rotatable bonds is 6. The summed E-state index contributed by atoms with van der Waals surface area (Å²) in [6, 6.07) is 0.414. The van der Waals surface area contributed by atoms with Crippen molar-refractivity contribution in [1.82, 2.24) is 0 Å². The van der Waals surface area contributed by atoms with Gasteiger partial charge in [-0.05, 0) is 33.1 Å². The predicted molar refractivity (Wildman–Crippen MR) is 76.4 cm³/mol. The van der Waals surface area contributed by atoms with Crippen molar-refractivity contribution in [2.75, 3.05) is 4.05 Å². The Morgan fingerprint density at radius 1 is 1.33 bits per heavy atom. The van der Waals surface area contributed by atoms with E-state index in [-0.39, 0.29) is 5.78 Å². The fourth-order valence-electron chi connectivity index (χ4n) is 1.38. The van der Waals surface area contributed by atoms with Crippen LogP contribution in [0.3, 0.4) is 0 Å². The number of hydrogen-bond acceptors (Lipinski definition) is 3. The first-order valence-corrected chi connectivity index (χ1v) is 12.8. The molecule has 1 atom stereocenters. The Kier molecular flexibility index (Phi) is 6.19. The molecule has 6 heteroatoms. The van der Waals surface area contributed by atoms with Crippen LogP contribution >= 0.6 is 22.6 Å². The summed E-state index contributed by atoms with van der Waals surface area (Å²) in [7, 11) is -3.54. The molecule has 0 saturated heterocycles. The second kappa shape index (κ2) is 5.90. The van der Waals surface area contributed by atoms with Crippen LogP contribution in [0.2, 0.25) is 32.2 Å². The highest BCUT2D eigenvalue weighted by molar-refractivity contribution is 14.1. The monoisotopic (exact) mass is 360 g/mol. The van der Waals surface area contributed by atoms with Gasteiger partial charge in [-0.1, -0.05) is 22.6 Å². The largest absolute Gasteiger partial charge is 0.455 e. The van der Waals surface area contributed by atoms with Gasteiger partial charge in [0, 0.05) is 10.1 Å². The maximum atomic E-state index is 11.5. The Morgan fingerprint density at radius 3 is 2.13 bits per heavy atom. The second-order valence-electron chi connectivity index (χ2n) is 5.07. The van der Waals surface area contributed by atoms with Crippen molar-refractivity contribution in [2.24, 2.45) is 0 Å². The van der Waals surface area contributed by atoms with E-state index >= 15 is 0 Å². The average molecular weight is 360 g/mol. The SMILES string of the molecule is CC(O)C(=O)C[Si](C)(C)O[Si](C)(C)CI. The lowest BCUT2D eigenvalue weighted by Gasteiger charge is -2.32. The number of halogens is 1. The van der Waals surface area contributed by atoms with Crippen molar-refractivity contribution in [3.63, 3.8) is 0 Å². The van der Waals surface area contributed by atoms with E-state index < -0.39 is 22.7 Å². The third kappa shape index (κ3) is 6.82. The highest BCUT2D eigenvalue weighted by atomic mass is 127. The lowest BCUT2D eigenvalue weighted by molar-refractivity contribution is -0.124. The number of carbonyl (C=O) groups is 1. The normalized spacial score (nSPS) is 15.1. The molecule has 0 rings (SSSR count). The van der Waals surface area contributed by atoms with Crippen molar-refractivity contribution >= 4 is 45.0 Å². The smallest absolute Gasteiger partial charge is 0.183 e. The fourth-order valence-corrected chi connectivity index (χ4v) is 10.4. The molecule has 90 valence electrons. The van der Waals surface area contributed by atoms with E-state index in [4.69, 9.17) is 9.22 Å². The minimum Gasteiger partial charge on any atom is -0.455 e. The van der Waals surface area contributed by atoms with Crippen LogP contribution in [0, 0.1) is 0 Å². The molecule has 3 nitrogen and oxygen atoms in total. The van der Waals surface area contributed by atoms with Crippen molar-refractivity contribution in [3.05, 3.63) is 0 Å². The van der Waals surface area contributed by atoms with Crippen molar-refractivity contribution in [3.8, 4) is 0 Å². The molecule has 0 aromatic carbocycles. The second-order valence-corrected chi connectivity index (χ2v) is 15.8. The average Bonchev–Trinajstić information content (AvgIpc) is 2.01. The lowest BCUT2D eigenvalue weighted by Crippen LogP contribution is -2.47. The Hall–Kier alpha value is 0.754. The zero-order valence-corrected chi connectivity index (χ0v) is 14.3. The molecule has 0 aromatic heterocycles. The third-order valence-electron chi connectivity index (χ3n) is 1.94. The van der Waals surface area contributed by atoms with E-state index in [9.17, 15) is 4.79 Å². The van der Waals surface area contributed by atoms with Crippen molar-refractivity contribution in [1.29, 1.82) is 0 Å². The van der Waals surface area contributed by atoms with Crippen molar-refractivity contribution in [2.45, 2.75) is 45.3 Å². The summed E-state index contributed by atoms with van der Waals surface area (Å²) in [5.74, 6) is -0.0927. The molecular weight excluding hydrogens is 339 g/mol. The maximum absolute atomic E-state index is 11.5. The molecule has 0 bridgehead atoms. The quantitative estimate of drug-likeness (QED) is 0.449.